The van der Waals surface area contributed by atoms with Gasteiger partial charge in [-0.1, -0.05) is 80.9 Å². The summed E-state index contributed by atoms with van der Waals surface area (Å²) >= 11 is 8.12. The van der Waals surface area contributed by atoms with E-state index in [-0.39, 0.29) is 6.61 Å². The van der Waals surface area contributed by atoms with E-state index in [2.05, 4.69) is 58.0 Å². The van der Waals surface area contributed by atoms with Gasteiger partial charge in [0, 0.05) is 60.5 Å². The van der Waals surface area contributed by atoms with E-state index < -0.39 is 5.97 Å². The minimum Gasteiger partial charge on any atom is -0.481 e. The monoisotopic (exact) mass is 575 g/mol. The lowest BCUT2D eigenvalue weighted by atomic mass is 10.1. The first-order chi connectivity index (χ1) is 19.0. The minimum atomic E-state index is -0.663. The van der Waals surface area contributed by atoms with Crippen LogP contribution in [0.4, 0.5) is 11.4 Å². The molecule has 2 heterocycles. The van der Waals surface area contributed by atoms with E-state index in [1.165, 1.54) is 53.3 Å². The zero-order chi connectivity index (χ0) is 27.9. The van der Waals surface area contributed by atoms with E-state index in [0.717, 1.165) is 70.1 Å². The molecular formula is C31H46ClN3O3S. The Morgan fingerprint density at radius 1 is 0.821 bits per heavy atom. The van der Waals surface area contributed by atoms with Crippen LogP contribution in [0.1, 0.15) is 64.7 Å². The summed E-state index contributed by atoms with van der Waals surface area (Å²) in [7, 11) is 0. The van der Waals surface area contributed by atoms with Gasteiger partial charge in [0.2, 0.25) is 0 Å². The van der Waals surface area contributed by atoms with Gasteiger partial charge in [0.25, 0.3) is 0 Å². The maximum Gasteiger partial charge on any atom is 0.303 e. The molecule has 1 saturated heterocycles. The number of fused-ring (bicyclic) bond motifs is 2. The number of carboxylic acid groups (broad SMARTS) is 1. The first-order valence-electron chi connectivity index (χ1n) is 14.6. The summed E-state index contributed by atoms with van der Waals surface area (Å²) < 4.78 is 0. The molecule has 8 heteroatoms. The van der Waals surface area contributed by atoms with Crippen LogP contribution in [0.2, 0.25) is 5.02 Å². The normalized spacial score (nSPS) is 15.3. The van der Waals surface area contributed by atoms with Gasteiger partial charge >= 0.3 is 5.97 Å². The average Bonchev–Trinajstić information content (AvgIpc) is 2.94. The van der Waals surface area contributed by atoms with Crippen LogP contribution in [0.5, 0.6) is 0 Å². The second-order valence-electron chi connectivity index (χ2n) is 10.4. The van der Waals surface area contributed by atoms with Gasteiger partial charge in [-0.05, 0) is 49.7 Å². The number of hydrogen-bond acceptors (Lipinski definition) is 6. The van der Waals surface area contributed by atoms with Crippen LogP contribution >= 0.6 is 23.4 Å². The summed E-state index contributed by atoms with van der Waals surface area (Å²) in [5.74, 6) is -0.663. The number of aliphatic hydroxyl groups excluding tert-OH is 1. The van der Waals surface area contributed by atoms with Gasteiger partial charge in [0.1, 0.15) is 0 Å². The maximum atomic E-state index is 10.1. The molecule has 0 radical (unpaired) electrons. The molecule has 2 aromatic rings. The van der Waals surface area contributed by atoms with Crippen LogP contribution in [-0.2, 0) is 4.79 Å². The van der Waals surface area contributed by atoms with Crippen LogP contribution in [0.3, 0.4) is 0 Å². The number of unbranched alkanes of at least 4 members (excludes halogenated alkanes) is 6. The molecule has 0 aliphatic carbocycles. The predicted octanol–water partition coefficient (Wildman–Crippen LogP) is 7.15. The van der Waals surface area contributed by atoms with Gasteiger partial charge in [-0.15, -0.1) is 0 Å². The molecule has 216 valence electrons. The van der Waals surface area contributed by atoms with Gasteiger partial charge in [-0.2, -0.15) is 0 Å². The van der Waals surface area contributed by atoms with Crippen molar-refractivity contribution in [1.29, 1.82) is 0 Å². The van der Waals surface area contributed by atoms with Crippen molar-refractivity contribution in [2.24, 2.45) is 0 Å². The number of para-hydroxylation sites is 1. The Morgan fingerprint density at radius 3 is 2.15 bits per heavy atom. The fraction of sp³-hybridized carbons (Fsp3) is 0.581. The molecule has 0 atom stereocenters. The molecule has 0 unspecified atom stereocenters. The van der Waals surface area contributed by atoms with Crippen LogP contribution < -0.4 is 4.90 Å². The van der Waals surface area contributed by atoms with Crippen molar-refractivity contribution in [1.82, 2.24) is 9.80 Å². The standard InChI is InChI=1S/C21H26ClN3OS.C10H20O2/c22-17-6-7-21-19(16-17)25(18-4-1-2-5-20(18)27-21)9-3-8-23-10-12-24(13-11-23)14-15-26;1-2-3-4-5-6-7-8-9-10(11)12/h1-2,4-7,16,26H,3,8-15H2;2-9H2,1H3,(H,11,12). The number of piperazine rings is 1. The SMILES string of the molecule is CCCCCCCCCC(=O)O.OCCN1CCN(CCCN2c3ccccc3Sc3ccc(Cl)cc32)CC1. The summed E-state index contributed by atoms with van der Waals surface area (Å²) in [4.78, 5) is 20.0. The Labute approximate surface area is 244 Å². The zero-order valence-electron chi connectivity index (χ0n) is 23.5. The quantitative estimate of drug-likeness (QED) is 0.232. The molecular weight excluding hydrogens is 530 g/mol. The lowest BCUT2D eigenvalue weighted by Gasteiger charge is -2.36. The number of hydrogen-bond donors (Lipinski definition) is 2. The molecule has 0 saturated carbocycles. The molecule has 0 spiro atoms. The number of halogens is 1. The van der Waals surface area contributed by atoms with Crippen molar-refractivity contribution in [2.75, 3.05) is 57.3 Å². The number of carboxylic acids is 1. The summed E-state index contributed by atoms with van der Waals surface area (Å²) in [5, 5.41) is 18.2. The van der Waals surface area contributed by atoms with Crippen molar-refractivity contribution >= 4 is 40.7 Å². The summed E-state index contributed by atoms with van der Waals surface area (Å²) in [6, 6.07) is 14.8. The second-order valence-corrected chi connectivity index (χ2v) is 11.9. The van der Waals surface area contributed by atoms with E-state index in [1.807, 2.05) is 17.8 Å². The molecule has 2 aliphatic heterocycles. The molecule has 0 amide bonds. The smallest absolute Gasteiger partial charge is 0.303 e. The Balaban J connectivity index is 0.000000298. The number of aliphatic carboxylic acids is 1. The molecule has 1 fully saturated rings. The molecule has 2 N–H and O–H groups in total. The lowest BCUT2D eigenvalue weighted by molar-refractivity contribution is -0.137. The van der Waals surface area contributed by atoms with Crippen molar-refractivity contribution in [3.05, 3.63) is 47.5 Å². The number of rotatable bonds is 14. The Morgan fingerprint density at radius 2 is 1.46 bits per heavy atom. The Hall–Kier alpha value is -1.77. The van der Waals surface area contributed by atoms with E-state index in [0.29, 0.717) is 6.42 Å². The van der Waals surface area contributed by atoms with Gasteiger partial charge in [-0.3, -0.25) is 9.69 Å². The summed E-state index contributed by atoms with van der Waals surface area (Å²) in [6.45, 7) is 9.65. The van der Waals surface area contributed by atoms with E-state index in [4.69, 9.17) is 21.8 Å². The minimum absolute atomic E-state index is 0.258. The number of β-amino-alcohol motifs (C(OH)–C–C–N with tert-alkyl or cyclic N) is 1. The van der Waals surface area contributed by atoms with Crippen molar-refractivity contribution in [2.45, 2.75) is 74.5 Å². The zero-order valence-corrected chi connectivity index (χ0v) is 25.1. The fourth-order valence-corrected chi connectivity index (χ4v) is 6.35. The molecule has 0 aromatic heterocycles. The highest BCUT2D eigenvalue weighted by Gasteiger charge is 2.23. The largest absolute Gasteiger partial charge is 0.481 e. The molecule has 39 heavy (non-hydrogen) atoms. The van der Waals surface area contributed by atoms with Crippen molar-refractivity contribution in [3.8, 4) is 0 Å². The first kappa shape index (κ1) is 31.8. The van der Waals surface area contributed by atoms with Crippen LogP contribution in [0, 0.1) is 0 Å². The van der Waals surface area contributed by atoms with E-state index >= 15 is 0 Å². The topological polar surface area (TPSA) is 67.2 Å². The lowest BCUT2D eigenvalue weighted by Crippen LogP contribution is -2.47. The van der Waals surface area contributed by atoms with Crippen LogP contribution in [0.25, 0.3) is 0 Å². The second kappa shape index (κ2) is 17.8. The van der Waals surface area contributed by atoms with E-state index in [9.17, 15) is 4.79 Å². The van der Waals surface area contributed by atoms with Crippen molar-refractivity contribution < 1.29 is 15.0 Å². The predicted molar refractivity (Wildman–Crippen MR) is 164 cm³/mol. The number of benzene rings is 2. The molecule has 0 bridgehead atoms. The third-order valence-corrected chi connectivity index (χ3v) is 8.68. The third kappa shape index (κ3) is 11.0. The molecule has 2 aliphatic rings. The highest BCUT2D eigenvalue weighted by molar-refractivity contribution is 7.99. The number of aliphatic hydroxyl groups is 1. The van der Waals surface area contributed by atoms with Crippen LogP contribution in [0.15, 0.2) is 52.3 Å². The Bertz CT molecular complexity index is 1000. The van der Waals surface area contributed by atoms with Gasteiger partial charge in [0.15, 0.2) is 0 Å². The first-order valence-corrected chi connectivity index (χ1v) is 15.8. The van der Waals surface area contributed by atoms with Crippen LogP contribution in [-0.4, -0.2) is 78.4 Å². The van der Waals surface area contributed by atoms with Gasteiger partial charge in [0.05, 0.1) is 18.0 Å². The molecule has 4 rings (SSSR count). The maximum absolute atomic E-state index is 10.1. The van der Waals surface area contributed by atoms with Gasteiger partial charge in [-0.25, -0.2) is 0 Å². The summed E-state index contributed by atoms with van der Waals surface area (Å²) in [6.07, 6.45) is 9.76. The highest BCUT2D eigenvalue weighted by atomic mass is 35.5. The average molecular weight is 576 g/mol. The number of carbonyl (C=O) groups is 1. The summed E-state index contributed by atoms with van der Waals surface area (Å²) in [5.41, 5.74) is 2.50. The number of anilines is 2. The molecule has 6 nitrogen and oxygen atoms in total. The van der Waals surface area contributed by atoms with Crippen molar-refractivity contribution in [3.63, 3.8) is 0 Å². The van der Waals surface area contributed by atoms with E-state index in [1.54, 1.807) is 0 Å². The van der Waals surface area contributed by atoms with Gasteiger partial charge < -0.3 is 20.0 Å². The highest BCUT2D eigenvalue weighted by Crippen LogP contribution is 2.48. The third-order valence-electron chi connectivity index (χ3n) is 7.32. The molecule has 2 aromatic carbocycles. The number of nitrogens with zero attached hydrogens (tertiary/aromatic N) is 3. The Kier molecular flexibility index (Phi) is 14.5. The fourth-order valence-electron chi connectivity index (χ4n) is 5.11.